The van der Waals surface area contributed by atoms with Crippen LogP contribution in [0.4, 0.5) is 0 Å². The highest BCUT2D eigenvalue weighted by Crippen LogP contribution is 2.33. The van der Waals surface area contributed by atoms with Gasteiger partial charge >= 0.3 is 0 Å². The van der Waals surface area contributed by atoms with Crippen LogP contribution in [-0.2, 0) is 0 Å². The van der Waals surface area contributed by atoms with E-state index in [4.69, 9.17) is 0 Å². The Morgan fingerprint density at radius 3 is 2.20 bits per heavy atom. The summed E-state index contributed by atoms with van der Waals surface area (Å²) < 4.78 is 0. The average molecular weight is 209 g/mol. The third kappa shape index (κ3) is 6.02. The van der Waals surface area contributed by atoms with Gasteiger partial charge in [-0.15, -0.1) is 0 Å². The minimum absolute atomic E-state index is 0.175. The maximum Gasteiger partial charge on any atom is -0.0115 e. The second kappa shape index (κ2) is 7.09. The molecule has 0 nitrogen and oxygen atoms in total. The molecule has 1 unspecified atom stereocenters. The van der Waals surface area contributed by atoms with Gasteiger partial charge < -0.3 is 0 Å². The number of allylic oxidation sites excluding steroid dienone is 2. The fraction of sp³-hybridized carbons (Fsp3) is 0.800. The first-order valence-corrected chi connectivity index (χ1v) is 6.53. The Balaban J connectivity index is 4.62. The second-order valence-electron chi connectivity index (χ2n) is 5.22. The molecule has 0 saturated heterocycles. The van der Waals surface area contributed by atoms with Gasteiger partial charge in [-0.1, -0.05) is 52.7 Å². The lowest BCUT2D eigenvalue weighted by atomic mass is 9.77. The van der Waals surface area contributed by atoms with Crippen molar-refractivity contribution in [1.82, 2.24) is 0 Å². The molecule has 0 aromatic carbocycles. The first-order chi connectivity index (χ1) is 6.97. The van der Waals surface area contributed by atoms with E-state index < -0.39 is 0 Å². The summed E-state index contributed by atoms with van der Waals surface area (Å²) in [5.74, 6) is 0.735. The van der Waals surface area contributed by atoms with Gasteiger partial charge in [-0.2, -0.15) is 0 Å². The Morgan fingerprint density at radius 2 is 1.87 bits per heavy atom. The van der Waals surface area contributed by atoms with E-state index in [2.05, 4.69) is 47.6 Å². The maximum absolute atomic E-state index is 4.42. The van der Waals surface area contributed by atoms with Gasteiger partial charge in [0.25, 0.3) is 0 Å². The standard InChI is InChI=1S/C15H29/c1-7-10-14(8-2)12-15(6,9-3)11-13(4)5/h12-13H,6-11H2,1-5H3. The van der Waals surface area contributed by atoms with Crippen LogP contribution in [0, 0.1) is 18.3 Å². The molecule has 0 heteroatoms. The number of rotatable bonds is 7. The summed E-state index contributed by atoms with van der Waals surface area (Å²) in [7, 11) is 0. The van der Waals surface area contributed by atoms with Crippen molar-refractivity contribution in [2.24, 2.45) is 11.3 Å². The van der Waals surface area contributed by atoms with Gasteiger partial charge in [0.15, 0.2) is 0 Å². The van der Waals surface area contributed by atoms with Crippen LogP contribution in [0.2, 0.25) is 0 Å². The summed E-state index contributed by atoms with van der Waals surface area (Å²) in [6.45, 7) is 15.8. The van der Waals surface area contributed by atoms with E-state index in [0.29, 0.717) is 0 Å². The molecule has 89 valence electrons. The lowest BCUT2D eigenvalue weighted by Crippen LogP contribution is -2.16. The molecule has 0 amide bonds. The van der Waals surface area contributed by atoms with Crippen LogP contribution in [0.5, 0.6) is 0 Å². The van der Waals surface area contributed by atoms with Gasteiger partial charge in [-0.3, -0.25) is 0 Å². The van der Waals surface area contributed by atoms with Gasteiger partial charge in [-0.25, -0.2) is 0 Å². The highest BCUT2D eigenvalue weighted by atomic mass is 14.3. The summed E-state index contributed by atoms with van der Waals surface area (Å²) in [6, 6.07) is 0. The van der Waals surface area contributed by atoms with Crippen molar-refractivity contribution >= 4 is 0 Å². The van der Waals surface area contributed by atoms with Gasteiger partial charge in [0.1, 0.15) is 0 Å². The Kier molecular flexibility index (Phi) is 6.96. The Hall–Kier alpha value is -0.260. The highest BCUT2D eigenvalue weighted by Gasteiger charge is 2.21. The third-order valence-electron chi connectivity index (χ3n) is 3.05. The summed E-state index contributed by atoms with van der Waals surface area (Å²) in [4.78, 5) is 0. The molecule has 0 spiro atoms. The SMILES string of the molecule is [CH2]C(C=C(CC)CCC)(CC)CC(C)C. The molecule has 1 radical (unpaired) electrons. The zero-order valence-corrected chi connectivity index (χ0v) is 11.4. The average Bonchev–Trinajstić information content (AvgIpc) is 2.16. The summed E-state index contributed by atoms with van der Waals surface area (Å²) in [5, 5.41) is 0. The Morgan fingerprint density at radius 1 is 1.27 bits per heavy atom. The molecule has 15 heavy (non-hydrogen) atoms. The van der Waals surface area contributed by atoms with Gasteiger partial charge in [-0.05, 0) is 43.9 Å². The van der Waals surface area contributed by atoms with Crippen molar-refractivity contribution in [1.29, 1.82) is 0 Å². The van der Waals surface area contributed by atoms with Crippen LogP contribution >= 0.6 is 0 Å². The van der Waals surface area contributed by atoms with Crippen LogP contribution in [0.15, 0.2) is 11.6 Å². The minimum atomic E-state index is 0.175. The lowest BCUT2D eigenvalue weighted by Gasteiger charge is -2.28. The molecule has 0 fully saturated rings. The molecule has 0 N–H and O–H groups in total. The quantitative estimate of drug-likeness (QED) is 0.492. The number of hydrogen-bond donors (Lipinski definition) is 0. The van der Waals surface area contributed by atoms with E-state index in [1.165, 1.54) is 25.7 Å². The predicted octanol–water partition coefficient (Wildman–Crippen LogP) is 5.40. The molecule has 0 heterocycles. The van der Waals surface area contributed by atoms with Gasteiger partial charge in [0.05, 0.1) is 0 Å². The van der Waals surface area contributed by atoms with Crippen LogP contribution in [0.3, 0.4) is 0 Å². The molecule has 0 aromatic rings. The van der Waals surface area contributed by atoms with Gasteiger partial charge in [0, 0.05) is 0 Å². The van der Waals surface area contributed by atoms with Crippen LogP contribution in [-0.4, -0.2) is 0 Å². The molecule has 0 aliphatic rings. The minimum Gasteiger partial charge on any atom is -0.0791 e. The molecule has 0 saturated carbocycles. The van der Waals surface area contributed by atoms with Crippen molar-refractivity contribution in [2.75, 3.05) is 0 Å². The molecular weight excluding hydrogens is 180 g/mol. The smallest absolute Gasteiger partial charge is 0.0115 e. The molecule has 0 rings (SSSR count). The monoisotopic (exact) mass is 209 g/mol. The van der Waals surface area contributed by atoms with E-state index in [0.717, 1.165) is 12.3 Å². The first-order valence-electron chi connectivity index (χ1n) is 6.53. The van der Waals surface area contributed by atoms with E-state index in [9.17, 15) is 0 Å². The Bertz CT molecular complexity index is 188. The van der Waals surface area contributed by atoms with Crippen molar-refractivity contribution in [3.8, 4) is 0 Å². The van der Waals surface area contributed by atoms with Crippen molar-refractivity contribution in [3.05, 3.63) is 18.6 Å². The fourth-order valence-corrected chi connectivity index (χ4v) is 2.22. The van der Waals surface area contributed by atoms with E-state index in [-0.39, 0.29) is 5.41 Å². The first kappa shape index (κ1) is 14.7. The van der Waals surface area contributed by atoms with Crippen molar-refractivity contribution in [2.45, 2.75) is 66.7 Å². The Labute approximate surface area is 97.2 Å². The van der Waals surface area contributed by atoms with E-state index in [1.807, 2.05) is 0 Å². The molecule has 0 aliphatic carbocycles. The molecule has 0 aliphatic heterocycles. The van der Waals surface area contributed by atoms with Crippen LogP contribution < -0.4 is 0 Å². The maximum atomic E-state index is 4.42. The van der Waals surface area contributed by atoms with Crippen molar-refractivity contribution < 1.29 is 0 Å². The predicted molar refractivity (Wildman–Crippen MR) is 70.8 cm³/mol. The third-order valence-corrected chi connectivity index (χ3v) is 3.05. The fourth-order valence-electron chi connectivity index (χ4n) is 2.22. The molecule has 0 bridgehead atoms. The lowest BCUT2D eigenvalue weighted by molar-refractivity contribution is 0.359. The van der Waals surface area contributed by atoms with Gasteiger partial charge in [0.2, 0.25) is 0 Å². The van der Waals surface area contributed by atoms with Crippen LogP contribution in [0.25, 0.3) is 0 Å². The van der Waals surface area contributed by atoms with Crippen molar-refractivity contribution in [3.63, 3.8) is 0 Å². The largest absolute Gasteiger partial charge is 0.0791 e. The second-order valence-corrected chi connectivity index (χ2v) is 5.22. The molecule has 1 atom stereocenters. The van der Waals surface area contributed by atoms with E-state index in [1.54, 1.807) is 5.57 Å². The summed E-state index contributed by atoms with van der Waals surface area (Å²) in [5.41, 5.74) is 1.77. The summed E-state index contributed by atoms with van der Waals surface area (Å²) >= 11 is 0. The summed E-state index contributed by atoms with van der Waals surface area (Å²) in [6.07, 6.45) is 8.49. The van der Waals surface area contributed by atoms with Crippen LogP contribution in [0.1, 0.15) is 66.7 Å². The number of hydrogen-bond acceptors (Lipinski definition) is 0. The normalized spacial score (nSPS) is 16.9. The molecular formula is C15H29. The zero-order valence-electron chi connectivity index (χ0n) is 11.4. The topological polar surface area (TPSA) is 0 Å². The highest BCUT2D eigenvalue weighted by molar-refractivity contribution is 5.11. The molecule has 0 aromatic heterocycles. The zero-order chi connectivity index (χ0) is 11.9. The van der Waals surface area contributed by atoms with E-state index >= 15 is 0 Å².